The number of hydrogen-bond acceptors (Lipinski definition) is 4. The molecule has 1 rings (SSSR count). The second-order valence-corrected chi connectivity index (χ2v) is 3.19. The Morgan fingerprint density at radius 3 is 2.69 bits per heavy atom. The zero-order valence-electron chi connectivity index (χ0n) is 8.60. The Morgan fingerprint density at radius 1 is 1.44 bits per heavy atom. The highest BCUT2D eigenvalue weighted by Gasteiger charge is 2.11. The Kier molecular flexibility index (Phi) is 3.71. The van der Waals surface area contributed by atoms with Gasteiger partial charge >= 0.3 is 0 Å². The van der Waals surface area contributed by atoms with Crippen LogP contribution < -0.4 is 5.32 Å². The molecule has 0 spiro atoms. The molecule has 1 aromatic carbocycles. The molecule has 0 heterocycles. The maximum atomic E-state index is 11.4. The fraction of sp³-hybridized carbons (Fsp3) is 0.200. The van der Waals surface area contributed by atoms with Crippen LogP contribution in [0.5, 0.6) is 0 Å². The number of ketones is 1. The van der Waals surface area contributed by atoms with Crippen molar-refractivity contribution in [3.05, 3.63) is 39.9 Å². The average molecular weight is 222 g/mol. The van der Waals surface area contributed by atoms with E-state index in [-0.39, 0.29) is 23.6 Å². The molecule has 84 valence electrons. The summed E-state index contributed by atoms with van der Waals surface area (Å²) in [7, 11) is 0. The van der Waals surface area contributed by atoms with Crippen LogP contribution >= 0.6 is 0 Å². The quantitative estimate of drug-likeness (QED) is 0.605. The molecule has 0 radical (unpaired) electrons. The number of nitrogens with one attached hydrogen (secondary N) is 1. The predicted molar refractivity (Wildman–Crippen MR) is 56.1 cm³/mol. The van der Waals surface area contributed by atoms with Gasteiger partial charge in [0.2, 0.25) is 0 Å². The number of carbonyl (C=O) groups is 2. The molecule has 0 aliphatic heterocycles. The van der Waals surface area contributed by atoms with E-state index in [1.807, 2.05) is 0 Å². The number of nitrogens with zero attached hydrogens (tertiary/aromatic N) is 1. The van der Waals surface area contributed by atoms with Crippen molar-refractivity contribution in [3.8, 4) is 0 Å². The first-order valence-electron chi connectivity index (χ1n) is 4.53. The van der Waals surface area contributed by atoms with Crippen molar-refractivity contribution in [3.63, 3.8) is 0 Å². The molecule has 0 unspecified atom stereocenters. The Balaban J connectivity index is 2.79. The lowest BCUT2D eigenvalue weighted by molar-refractivity contribution is -0.384. The van der Waals surface area contributed by atoms with E-state index in [1.54, 1.807) is 0 Å². The van der Waals surface area contributed by atoms with Gasteiger partial charge < -0.3 is 5.32 Å². The Labute approximate surface area is 91.4 Å². The lowest BCUT2D eigenvalue weighted by Crippen LogP contribution is -2.28. The van der Waals surface area contributed by atoms with Crippen LogP contribution in [0, 0.1) is 10.1 Å². The van der Waals surface area contributed by atoms with Gasteiger partial charge in [0, 0.05) is 17.7 Å². The summed E-state index contributed by atoms with van der Waals surface area (Å²) >= 11 is 0. The summed E-state index contributed by atoms with van der Waals surface area (Å²) in [4.78, 5) is 31.9. The van der Waals surface area contributed by atoms with Crippen LogP contribution in [0.25, 0.3) is 0 Å². The maximum absolute atomic E-state index is 11.4. The smallest absolute Gasteiger partial charge is 0.270 e. The fourth-order valence-corrected chi connectivity index (χ4v) is 1.07. The van der Waals surface area contributed by atoms with Gasteiger partial charge in [-0.1, -0.05) is 6.07 Å². The van der Waals surface area contributed by atoms with Crippen molar-refractivity contribution >= 4 is 17.4 Å². The SMILES string of the molecule is CC(=O)CNC(=O)c1cccc([N+](=O)[O-])c1. The molecule has 0 bridgehead atoms. The third-order valence-corrected chi connectivity index (χ3v) is 1.82. The van der Waals surface area contributed by atoms with Crippen LogP contribution in [0.3, 0.4) is 0 Å². The van der Waals surface area contributed by atoms with E-state index in [4.69, 9.17) is 0 Å². The third-order valence-electron chi connectivity index (χ3n) is 1.82. The maximum Gasteiger partial charge on any atom is 0.270 e. The van der Waals surface area contributed by atoms with E-state index in [0.29, 0.717) is 0 Å². The number of rotatable bonds is 4. The van der Waals surface area contributed by atoms with E-state index < -0.39 is 10.8 Å². The van der Waals surface area contributed by atoms with Crippen molar-refractivity contribution < 1.29 is 14.5 Å². The van der Waals surface area contributed by atoms with Gasteiger partial charge in [-0.3, -0.25) is 19.7 Å². The summed E-state index contributed by atoms with van der Waals surface area (Å²) < 4.78 is 0. The Bertz CT molecular complexity index is 442. The Morgan fingerprint density at radius 2 is 2.12 bits per heavy atom. The number of nitro groups is 1. The van der Waals surface area contributed by atoms with Gasteiger partial charge in [0.25, 0.3) is 11.6 Å². The molecule has 0 aliphatic rings. The molecule has 6 heteroatoms. The fourth-order valence-electron chi connectivity index (χ4n) is 1.07. The van der Waals surface area contributed by atoms with Crippen LogP contribution in [0.15, 0.2) is 24.3 Å². The summed E-state index contributed by atoms with van der Waals surface area (Å²) in [6.45, 7) is 1.26. The molecule has 0 saturated heterocycles. The zero-order valence-corrected chi connectivity index (χ0v) is 8.60. The van der Waals surface area contributed by atoms with Crippen molar-refractivity contribution in [2.24, 2.45) is 0 Å². The first kappa shape index (κ1) is 11.8. The molecular formula is C10H10N2O4. The van der Waals surface area contributed by atoms with E-state index >= 15 is 0 Å². The number of non-ortho nitro benzene ring substituents is 1. The van der Waals surface area contributed by atoms with E-state index in [2.05, 4.69) is 5.32 Å². The van der Waals surface area contributed by atoms with Crippen LogP contribution in [-0.2, 0) is 4.79 Å². The standard InChI is InChI=1S/C10H10N2O4/c1-7(13)6-11-10(14)8-3-2-4-9(5-8)12(15)16/h2-5H,6H2,1H3,(H,11,14). The average Bonchev–Trinajstić information content (AvgIpc) is 2.26. The normalized spacial score (nSPS) is 9.56. The van der Waals surface area contributed by atoms with Gasteiger partial charge in [-0.25, -0.2) is 0 Å². The van der Waals surface area contributed by atoms with E-state index in [1.165, 1.54) is 25.1 Å². The van der Waals surface area contributed by atoms with Crippen molar-refractivity contribution in [2.45, 2.75) is 6.92 Å². The zero-order chi connectivity index (χ0) is 12.1. The van der Waals surface area contributed by atoms with Gasteiger partial charge in [-0.05, 0) is 13.0 Å². The second kappa shape index (κ2) is 5.01. The van der Waals surface area contributed by atoms with Crippen molar-refractivity contribution in [1.29, 1.82) is 0 Å². The number of nitro benzene ring substituents is 1. The molecule has 16 heavy (non-hydrogen) atoms. The second-order valence-electron chi connectivity index (χ2n) is 3.19. The molecule has 0 saturated carbocycles. The van der Waals surface area contributed by atoms with Gasteiger partial charge in [-0.15, -0.1) is 0 Å². The lowest BCUT2D eigenvalue weighted by Gasteiger charge is -2.02. The Hall–Kier alpha value is -2.24. The van der Waals surface area contributed by atoms with E-state index in [0.717, 1.165) is 6.07 Å². The van der Waals surface area contributed by atoms with Crippen molar-refractivity contribution in [2.75, 3.05) is 6.54 Å². The highest BCUT2D eigenvalue weighted by molar-refractivity contribution is 5.96. The molecule has 1 amide bonds. The minimum Gasteiger partial charge on any atom is -0.345 e. The first-order valence-corrected chi connectivity index (χ1v) is 4.53. The molecule has 0 aromatic heterocycles. The van der Waals surface area contributed by atoms with Crippen molar-refractivity contribution in [1.82, 2.24) is 5.32 Å². The van der Waals surface area contributed by atoms with Gasteiger partial charge in [-0.2, -0.15) is 0 Å². The topological polar surface area (TPSA) is 89.3 Å². The summed E-state index contributed by atoms with van der Waals surface area (Å²) in [6.07, 6.45) is 0. The molecule has 0 fully saturated rings. The van der Waals surface area contributed by atoms with Gasteiger partial charge in [0.05, 0.1) is 11.5 Å². The summed E-state index contributed by atoms with van der Waals surface area (Å²) in [5.41, 5.74) is 0.00549. The molecule has 6 nitrogen and oxygen atoms in total. The largest absolute Gasteiger partial charge is 0.345 e. The molecule has 0 atom stereocenters. The number of benzene rings is 1. The van der Waals surface area contributed by atoms with Gasteiger partial charge in [0.1, 0.15) is 5.78 Å². The molecule has 0 aliphatic carbocycles. The summed E-state index contributed by atoms with van der Waals surface area (Å²) in [5, 5.41) is 12.8. The van der Waals surface area contributed by atoms with Crippen LogP contribution in [-0.4, -0.2) is 23.2 Å². The minimum absolute atomic E-state index is 0.0818. The van der Waals surface area contributed by atoms with Gasteiger partial charge in [0.15, 0.2) is 0 Å². The molecule has 1 N–H and O–H groups in total. The number of carbonyl (C=O) groups excluding carboxylic acids is 2. The number of amides is 1. The van der Waals surface area contributed by atoms with E-state index in [9.17, 15) is 19.7 Å². The predicted octanol–water partition coefficient (Wildman–Crippen LogP) is 0.914. The van der Waals surface area contributed by atoms with Crippen LogP contribution in [0.2, 0.25) is 0 Å². The van der Waals surface area contributed by atoms with Crippen LogP contribution in [0.1, 0.15) is 17.3 Å². The summed E-state index contributed by atoms with van der Waals surface area (Å²) in [5.74, 6) is -0.683. The number of Topliss-reactive ketones (excluding diaryl/α,β-unsaturated/α-hetero) is 1. The molecular weight excluding hydrogens is 212 g/mol. The lowest BCUT2D eigenvalue weighted by atomic mass is 10.2. The minimum atomic E-state index is -0.582. The monoisotopic (exact) mass is 222 g/mol. The first-order chi connectivity index (χ1) is 7.50. The van der Waals surface area contributed by atoms with Crippen LogP contribution in [0.4, 0.5) is 5.69 Å². The highest BCUT2D eigenvalue weighted by atomic mass is 16.6. The highest BCUT2D eigenvalue weighted by Crippen LogP contribution is 2.12. The number of hydrogen-bond donors (Lipinski definition) is 1. The summed E-state index contributed by atoms with van der Waals surface area (Å²) in [6, 6.07) is 5.32. The molecule has 1 aromatic rings. The third kappa shape index (κ3) is 3.16.